The summed E-state index contributed by atoms with van der Waals surface area (Å²) < 4.78 is 27.7. The summed E-state index contributed by atoms with van der Waals surface area (Å²) in [4.78, 5) is 24.8. The molecule has 3 N–H and O–H groups in total. The van der Waals surface area contributed by atoms with Crippen LogP contribution in [0.25, 0.3) is 0 Å². The third-order valence-corrected chi connectivity index (χ3v) is 7.15. The molecule has 168 valence electrons. The first-order valence-electron chi connectivity index (χ1n) is 9.84. The zero-order valence-electron chi connectivity index (χ0n) is 17.7. The lowest BCUT2D eigenvalue weighted by Gasteiger charge is -2.14. The van der Waals surface area contributed by atoms with Crippen molar-refractivity contribution in [3.8, 4) is 0 Å². The van der Waals surface area contributed by atoms with E-state index in [4.69, 9.17) is 0 Å². The minimum atomic E-state index is -4.12. The number of nitrogens with zero attached hydrogens (tertiary/aromatic N) is 2. The highest BCUT2D eigenvalue weighted by atomic mass is 32.2. The van der Waals surface area contributed by atoms with E-state index in [2.05, 4.69) is 25.6 Å². The summed E-state index contributed by atoms with van der Waals surface area (Å²) in [6, 6.07) is 13.1. The molecule has 0 radical (unpaired) electrons. The fourth-order valence-corrected chi connectivity index (χ4v) is 4.58. The number of amides is 2. The van der Waals surface area contributed by atoms with Crippen LogP contribution in [0, 0.1) is 6.92 Å². The van der Waals surface area contributed by atoms with Crippen molar-refractivity contribution in [1.29, 1.82) is 0 Å². The number of hydrogen-bond donors (Lipinski definition) is 3. The predicted molar refractivity (Wildman–Crippen MR) is 124 cm³/mol. The zero-order chi connectivity index (χ0) is 23.3. The Morgan fingerprint density at radius 3 is 2.41 bits per heavy atom. The van der Waals surface area contributed by atoms with Crippen LogP contribution >= 0.6 is 11.3 Å². The van der Waals surface area contributed by atoms with Crippen molar-refractivity contribution >= 4 is 44.0 Å². The third kappa shape index (κ3) is 5.68. The van der Waals surface area contributed by atoms with Crippen LogP contribution in [0.15, 0.2) is 52.9 Å². The number of anilines is 2. The number of aromatic nitrogens is 2. The summed E-state index contributed by atoms with van der Waals surface area (Å²) in [7, 11) is -4.12. The molecular weight excluding hydrogens is 450 g/mol. The minimum Gasteiger partial charge on any atom is -0.350 e. The molecule has 32 heavy (non-hydrogen) atoms. The molecule has 2 amide bonds. The van der Waals surface area contributed by atoms with E-state index in [0.717, 1.165) is 12.0 Å². The van der Waals surface area contributed by atoms with E-state index in [1.807, 2.05) is 20.8 Å². The normalized spacial score (nSPS) is 12.1. The van der Waals surface area contributed by atoms with E-state index in [0.29, 0.717) is 16.9 Å². The Morgan fingerprint density at radius 2 is 1.72 bits per heavy atom. The van der Waals surface area contributed by atoms with E-state index in [1.165, 1.54) is 12.1 Å². The Morgan fingerprint density at radius 1 is 1.03 bits per heavy atom. The Hall–Kier alpha value is -3.31. The van der Waals surface area contributed by atoms with Crippen molar-refractivity contribution in [2.75, 3.05) is 10.0 Å². The zero-order valence-corrected chi connectivity index (χ0v) is 19.4. The van der Waals surface area contributed by atoms with Crippen LogP contribution in [-0.2, 0) is 10.0 Å². The second kappa shape index (κ2) is 9.88. The van der Waals surface area contributed by atoms with Gasteiger partial charge in [-0.05, 0) is 44.5 Å². The SMILES string of the molecule is CC[C@H](C)NC(=O)c1ccccc1NS(=O)(=O)c1nnc(NC(=O)c2ccc(C)cc2)s1. The summed E-state index contributed by atoms with van der Waals surface area (Å²) in [5.41, 5.74) is 1.73. The van der Waals surface area contributed by atoms with Crippen LogP contribution in [0.2, 0.25) is 0 Å². The van der Waals surface area contributed by atoms with E-state index in [1.54, 1.807) is 36.4 Å². The lowest BCUT2D eigenvalue weighted by atomic mass is 10.1. The summed E-state index contributed by atoms with van der Waals surface area (Å²) in [5, 5.41) is 12.8. The van der Waals surface area contributed by atoms with Gasteiger partial charge in [0, 0.05) is 11.6 Å². The lowest BCUT2D eigenvalue weighted by molar-refractivity contribution is 0.0939. The van der Waals surface area contributed by atoms with Gasteiger partial charge < -0.3 is 5.32 Å². The van der Waals surface area contributed by atoms with Gasteiger partial charge in [-0.1, -0.05) is 48.1 Å². The Labute approximate surface area is 190 Å². The van der Waals surface area contributed by atoms with Gasteiger partial charge in [0.05, 0.1) is 11.3 Å². The third-order valence-electron chi connectivity index (χ3n) is 4.58. The smallest absolute Gasteiger partial charge is 0.291 e. The summed E-state index contributed by atoms with van der Waals surface area (Å²) in [6.45, 7) is 5.70. The topological polar surface area (TPSA) is 130 Å². The first kappa shape index (κ1) is 23.4. The van der Waals surface area contributed by atoms with Crippen molar-refractivity contribution in [3.05, 3.63) is 65.2 Å². The van der Waals surface area contributed by atoms with Crippen LogP contribution in [0.5, 0.6) is 0 Å². The van der Waals surface area contributed by atoms with Gasteiger partial charge in [0.2, 0.25) is 5.13 Å². The molecule has 0 bridgehead atoms. The van der Waals surface area contributed by atoms with Gasteiger partial charge in [-0.2, -0.15) is 8.42 Å². The molecule has 0 fully saturated rings. The standard InChI is InChI=1S/C21H23N5O4S2/c1-4-14(3)22-19(28)16-7-5-6-8-17(16)26-32(29,30)21-25-24-20(31-21)23-18(27)15-11-9-13(2)10-12-15/h5-12,14,26H,4H2,1-3H3,(H,22,28)(H,23,24,27)/t14-/m0/s1. The van der Waals surface area contributed by atoms with Crippen LogP contribution < -0.4 is 15.4 Å². The molecule has 0 aliphatic rings. The number of carbonyl (C=O) groups excluding carboxylic acids is 2. The highest BCUT2D eigenvalue weighted by Gasteiger charge is 2.24. The molecule has 1 aromatic heterocycles. The van der Waals surface area contributed by atoms with Crippen molar-refractivity contribution < 1.29 is 18.0 Å². The van der Waals surface area contributed by atoms with Gasteiger partial charge in [-0.15, -0.1) is 10.2 Å². The first-order valence-corrected chi connectivity index (χ1v) is 12.1. The number of rotatable bonds is 8. The first-order chi connectivity index (χ1) is 15.2. The number of aryl methyl sites for hydroxylation is 1. The van der Waals surface area contributed by atoms with Crippen LogP contribution in [0.3, 0.4) is 0 Å². The van der Waals surface area contributed by atoms with Gasteiger partial charge >= 0.3 is 0 Å². The molecule has 0 aliphatic heterocycles. The van der Waals surface area contributed by atoms with Gasteiger partial charge in [-0.3, -0.25) is 19.6 Å². The number of hydrogen-bond acceptors (Lipinski definition) is 7. The number of carbonyl (C=O) groups is 2. The fraction of sp³-hybridized carbons (Fsp3) is 0.238. The summed E-state index contributed by atoms with van der Waals surface area (Å²) in [6.07, 6.45) is 0.738. The molecule has 0 saturated heterocycles. The number of para-hydroxylation sites is 1. The lowest BCUT2D eigenvalue weighted by Crippen LogP contribution is -2.32. The average molecular weight is 474 g/mol. The quantitative estimate of drug-likeness (QED) is 0.430. The molecule has 1 atom stereocenters. The van der Waals surface area contributed by atoms with Gasteiger partial charge in [-0.25, -0.2) is 0 Å². The molecule has 1 heterocycles. The van der Waals surface area contributed by atoms with Crippen LogP contribution in [0.4, 0.5) is 10.8 Å². The molecule has 0 saturated carbocycles. The molecule has 0 unspecified atom stereocenters. The molecule has 3 rings (SSSR count). The molecule has 2 aromatic carbocycles. The molecule has 9 nitrogen and oxygen atoms in total. The largest absolute Gasteiger partial charge is 0.350 e. The van der Waals surface area contributed by atoms with Gasteiger partial charge in [0.25, 0.3) is 26.2 Å². The average Bonchev–Trinajstić information content (AvgIpc) is 3.23. The van der Waals surface area contributed by atoms with Gasteiger partial charge in [0.15, 0.2) is 0 Å². The fourth-order valence-electron chi connectivity index (χ4n) is 2.61. The van der Waals surface area contributed by atoms with E-state index in [-0.39, 0.29) is 32.7 Å². The highest BCUT2D eigenvalue weighted by molar-refractivity contribution is 7.94. The van der Waals surface area contributed by atoms with E-state index < -0.39 is 15.9 Å². The summed E-state index contributed by atoms with van der Waals surface area (Å²) >= 11 is 0.709. The predicted octanol–water partition coefficient (Wildman–Crippen LogP) is 3.43. The molecular formula is C21H23N5O4S2. The monoisotopic (exact) mass is 473 g/mol. The molecule has 0 aliphatic carbocycles. The van der Waals surface area contributed by atoms with E-state index in [9.17, 15) is 18.0 Å². The van der Waals surface area contributed by atoms with Crippen molar-refractivity contribution in [1.82, 2.24) is 15.5 Å². The molecule has 11 heteroatoms. The van der Waals surface area contributed by atoms with Crippen LogP contribution in [0.1, 0.15) is 46.5 Å². The van der Waals surface area contributed by atoms with Gasteiger partial charge in [0.1, 0.15) is 0 Å². The van der Waals surface area contributed by atoms with Crippen molar-refractivity contribution in [2.24, 2.45) is 0 Å². The number of nitrogens with one attached hydrogen (secondary N) is 3. The Bertz CT molecular complexity index is 1220. The maximum atomic E-state index is 12.8. The molecule has 3 aromatic rings. The van der Waals surface area contributed by atoms with Crippen LogP contribution in [-0.4, -0.2) is 36.5 Å². The maximum absolute atomic E-state index is 12.8. The maximum Gasteiger partial charge on any atom is 0.291 e. The van der Waals surface area contributed by atoms with E-state index >= 15 is 0 Å². The number of sulfonamides is 1. The van der Waals surface area contributed by atoms with Crippen molar-refractivity contribution in [3.63, 3.8) is 0 Å². The minimum absolute atomic E-state index is 0.0405. The number of benzene rings is 2. The second-order valence-corrected chi connectivity index (χ2v) is 9.96. The Balaban J connectivity index is 1.76. The Kier molecular flexibility index (Phi) is 7.21. The second-order valence-electron chi connectivity index (χ2n) is 7.13. The molecule has 0 spiro atoms. The highest BCUT2D eigenvalue weighted by Crippen LogP contribution is 2.25. The summed E-state index contributed by atoms with van der Waals surface area (Å²) in [5.74, 6) is -0.814. The van der Waals surface area contributed by atoms with Crippen molar-refractivity contribution in [2.45, 2.75) is 37.6 Å².